The number of nitrogens with zero attached hydrogens (tertiary/aromatic N) is 2. The van der Waals surface area contributed by atoms with Crippen molar-refractivity contribution in [3.8, 4) is 0 Å². The molecule has 8 heteroatoms. The van der Waals surface area contributed by atoms with Crippen LogP contribution in [0.2, 0.25) is 0 Å². The molecule has 0 aromatic carbocycles. The molecule has 0 radical (unpaired) electrons. The van der Waals surface area contributed by atoms with Crippen molar-refractivity contribution in [1.82, 2.24) is 20.1 Å². The number of aromatic amines is 1. The van der Waals surface area contributed by atoms with Gasteiger partial charge in [0, 0.05) is 24.9 Å². The summed E-state index contributed by atoms with van der Waals surface area (Å²) in [5, 5.41) is 15.7. The first-order valence-corrected chi connectivity index (χ1v) is 6.91. The number of aliphatic hydroxyl groups excluding tert-OH is 1. The first-order valence-electron chi connectivity index (χ1n) is 5.92. The van der Waals surface area contributed by atoms with Gasteiger partial charge in [0.2, 0.25) is 0 Å². The van der Waals surface area contributed by atoms with Crippen LogP contribution in [0.4, 0.5) is 0 Å². The van der Waals surface area contributed by atoms with Gasteiger partial charge >= 0.3 is 11.1 Å². The van der Waals surface area contributed by atoms with Crippen LogP contribution in [0.3, 0.4) is 0 Å². The number of hydrogen-bond acceptors (Lipinski definition) is 6. The molecule has 1 aromatic heterocycles. The van der Waals surface area contributed by atoms with E-state index in [4.69, 9.17) is 0 Å². The minimum Gasteiger partial charge on any atom is -0.391 e. The van der Waals surface area contributed by atoms with Gasteiger partial charge in [0.25, 0.3) is 0 Å². The summed E-state index contributed by atoms with van der Waals surface area (Å²) in [5.74, 6) is 0.384. The van der Waals surface area contributed by atoms with E-state index >= 15 is 0 Å². The Kier molecular flexibility index (Phi) is 5.33. The summed E-state index contributed by atoms with van der Waals surface area (Å²) in [5.41, 5.74) is -1.63. The first-order chi connectivity index (χ1) is 8.69. The quantitative estimate of drug-likeness (QED) is 0.490. The molecule has 1 aromatic rings. The molecule has 0 bridgehead atoms. The van der Waals surface area contributed by atoms with E-state index in [0.29, 0.717) is 17.5 Å². The average Bonchev–Trinajstić information content (AvgIpc) is 2.28. The zero-order valence-electron chi connectivity index (χ0n) is 11.6. The number of thioether (sulfide) groups is 1. The number of nitrogens with one attached hydrogen (secondary N) is 2. The molecule has 0 aliphatic rings. The van der Waals surface area contributed by atoms with Crippen LogP contribution >= 0.6 is 11.8 Å². The van der Waals surface area contributed by atoms with Gasteiger partial charge < -0.3 is 10.4 Å². The number of rotatable bonds is 5. The van der Waals surface area contributed by atoms with Gasteiger partial charge in [-0.1, -0.05) is 11.8 Å². The molecule has 0 spiro atoms. The number of β-amino-alcohol motifs (C(OH)–C–C–N with tert-alkyl or cyclic N) is 1. The molecule has 1 heterocycles. The predicted octanol–water partition coefficient (Wildman–Crippen LogP) is -0.690. The van der Waals surface area contributed by atoms with Gasteiger partial charge in [-0.3, -0.25) is 19.4 Å². The van der Waals surface area contributed by atoms with Crippen LogP contribution in [0.1, 0.15) is 20.8 Å². The normalized spacial score (nSPS) is 13.5. The SMILES string of the molecule is Cn1[nH]c(=O)c(=O)nc1SCC(O)CNC(C)(C)C. The summed E-state index contributed by atoms with van der Waals surface area (Å²) >= 11 is 1.22. The molecule has 0 aliphatic carbocycles. The number of aromatic nitrogens is 3. The molecular weight excluding hydrogens is 268 g/mol. The maximum atomic E-state index is 11.1. The fourth-order valence-electron chi connectivity index (χ4n) is 1.24. The molecule has 0 fully saturated rings. The Labute approximate surface area is 115 Å². The molecule has 0 saturated carbocycles. The number of aliphatic hydroxyl groups is 1. The Morgan fingerprint density at radius 2 is 2.11 bits per heavy atom. The largest absolute Gasteiger partial charge is 0.391 e. The van der Waals surface area contributed by atoms with Crippen molar-refractivity contribution < 1.29 is 5.11 Å². The third-order valence-corrected chi connectivity index (χ3v) is 3.40. The number of aryl methyl sites for hydroxylation is 1. The van der Waals surface area contributed by atoms with Gasteiger partial charge in [-0.15, -0.1) is 0 Å². The van der Waals surface area contributed by atoms with E-state index in [-0.39, 0.29) is 5.54 Å². The molecule has 0 aliphatic heterocycles. The summed E-state index contributed by atoms with van der Waals surface area (Å²) < 4.78 is 1.37. The lowest BCUT2D eigenvalue weighted by molar-refractivity contribution is 0.183. The third kappa shape index (κ3) is 5.58. The van der Waals surface area contributed by atoms with Crippen LogP contribution in [-0.4, -0.2) is 43.8 Å². The molecule has 0 amide bonds. The van der Waals surface area contributed by atoms with Crippen LogP contribution in [0.5, 0.6) is 0 Å². The molecule has 7 nitrogen and oxygen atoms in total. The second-order valence-corrected chi connectivity index (χ2v) is 6.28. The second-order valence-electron chi connectivity index (χ2n) is 5.30. The molecule has 3 N–H and O–H groups in total. The average molecular weight is 288 g/mol. The van der Waals surface area contributed by atoms with E-state index in [9.17, 15) is 14.7 Å². The Balaban J connectivity index is 2.55. The third-order valence-electron chi connectivity index (χ3n) is 2.22. The van der Waals surface area contributed by atoms with Crippen molar-refractivity contribution in [1.29, 1.82) is 0 Å². The summed E-state index contributed by atoms with van der Waals surface area (Å²) in [7, 11) is 1.59. The van der Waals surface area contributed by atoms with Crippen molar-refractivity contribution >= 4 is 11.8 Å². The summed E-state index contributed by atoms with van der Waals surface area (Å²) in [6.45, 7) is 6.49. The zero-order valence-corrected chi connectivity index (χ0v) is 12.4. The number of H-pyrrole nitrogens is 1. The molecule has 0 saturated heterocycles. The smallest absolute Gasteiger partial charge is 0.339 e. The van der Waals surface area contributed by atoms with Gasteiger partial charge in [0.1, 0.15) is 0 Å². The maximum Gasteiger partial charge on any atom is 0.339 e. The predicted molar refractivity (Wildman–Crippen MR) is 74.6 cm³/mol. The van der Waals surface area contributed by atoms with Gasteiger partial charge in [0.15, 0.2) is 5.16 Å². The van der Waals surface area contributed by atoms with Gasteiger partial charge in [-0.05, 0) is 20.8 Å². The number of hydrogen-bond donors (Lipinski definition) is 3. The Morgan fingerprint density at radius 1 is 1.47 bits per heavy atom. The minimum atomic E-state index is -0.817. The molecule has 19 heavy (non-hydrogen) atoms. The molecule has 1 unspecified atom stereocenters. The van der Waals surface area contributed by atoms with Crippen molar-refractivity contribution in [3.05, 3.63) is 20.7 Å². The lowest BCUT2D eigenvalue weighted by Gasteiger charge is -2.22. The lowest BCUT2D eigenvalue weighted by atomic mass is 10.1. The summed E-state index contributed by atoms with van der Waals surface area (Å²) in [4.78, 5) is 25.8. The van der Waals surface area contributed by atoms with Crippen molar-refractivity contribution in [2.24, 2.45) is 7.05 Å². The van der Waals surface area contributed by atoms with E-state index in [1.54, 1.807) is 7.05 Å². The van der Waals surface area contributed by atoms with Gasteiger partial charge in [-0.25, -0.2) is 0 Å². The van der Waals surface area contributed by atoms with Crippen molar-refractivity contribution in [2.45, 2.75) is 37.6 Å². The highest BCUT2D eigenvalue weighted by Gasteiger charge is 2.13. The zero-order chi connectivity index (χ0) is 14.6. The summed E-state index contributed by atoms with van der Waals surface area (Å²) in [6.07, 6.45) is -0.562. The maximum absolute atomic E-state index is 11.1. The van der Waals surface area contributed by atoms with Crippen LogP contribution in [-0.2, 0) is 7.05 Å². The summed E-state index contributed by atoms with van der Waals surface area (Å²) in [6, 6.07) is 0. The van der Waals surface area contributed by atoms with Crippen LogP contribution in [0.15, 0.2) is 14.7 Å². The molecule has 1 rings (SSSR count). The van der Waals surface area contributed by atoms with Crippen LogP contribution in [0, 0.1) is 0 Å². The minimum absolute atomic E-state index is 0.0608. The lowest BCUT2D eigenvalue weighted by Crippen LogP contribution is -2.41. The van der Waals surface area contributed by atoms with E-state index < -0.39 is 17.2 Å². The first kappa shape index (κ1) is 15.9. The molecule has 1 atom stereocenters. The van der Waals surface area contributed by atoms with Gasteiger partial charge in [-0.2, -0.15) is 4.98 Å². The van der Waals surface area contributed by atoms with Crippen LogP contribution < -0.4 is 16.4 Å². The highest BCUT2D eigenvalue weighted by atomic mass is 32.2. The molecule has 108 valence electrons. The van der Waals surface area contributed by atoms with E-state index in [1.807, 2.05) is 20.8 Å². The molecular formula is C11H20N4O3S. The van der Waals surface area contributed by atoms with E-state index in [1.165, 1.54) is 16.4 Å². The Hall–Kier alpha value is -1.12. The Morgan fingerprint density at radius 3 is 2.68 bits per heavy atom. The van der Waals surface area contributed by atoms with Crippen LogP contribution in [0.25, 0.3) is 0 Å². The van der Waals surface area contributed by atoms with Crippen molar-refractivity contribution in [2.75, 3.05) is 12.3 Å². The Bertz CT molecular complexity index is 532. The van der Waals surface area contributed by atoms with E-state index in [0.717, 1.165) is 0 Å². The van der Waals surface area contributed by atoms with Crippen molar-refractivity contribution in [3.63, 3.8) is 0 Å². The van der Waals surface area contributed by atoms with Gasteiger partial charge in [0.05, 0.1) is 6.10 Å². The fraction of sp³-hybridized carbons (Fsp3) is 0.727. The topological polar surface area (TPSA) is 100 Å². The highest BCUT2D eigenvalue weighted by molar-refractivity contribution is 7.99. The fourth-order valence-corrected chi connectivity index (χ4v) is 2.09. The van der Waals surface area contributed by atoms with E-state index in [2.05, 4.69) is 15.4 Å². The second kappa shape index (κ2) is 6.36. The standard InChI is InChI=1S/C11H20N4O3S/c1-11(2,3)12-5-7(16)6-19-10-13-8(17)9(18)14-15(10)4/h7,12,16H,5-6H2,1-4H3,(H,14,18). The monoisotopic (exact) mass is 288 g/mol. The highest BCUT2D eigenvalue weighted by Crippen LogP contribution is 2.12.